The highest BCUT2D eigenvalue weighted by molar-refractivity contribution is 6.19. The van der Waals surface area contributed by atoms with Gasteiger partial charge in [-0.2, -0.15) is 0 Å². The predicted octanol–water partition coefficient (Wildman–Crippen LogP) is 2.92. The van der Waals surface area contributed by atoms with Crippen molar-refractivity contribution in [1.29, 1.82) is 0 Å². The zero-order chi connectivity index (χ0) is 12.9. The summed E-state index contributed by atoms with van der Waals surface area (Å²) in [5.74, 6) is 0.0624. The molecule has 1 amide bonds. The van der Waals surface area contributed by atoms with Gasteiger partial charge < -0.3 is 10.4 Å². The molecule has 0 unspecified atom stereocenters. The number of phenols is 1. The molecule has 0 atom stereocenters. The Bertz CT molecular complexity index is 380. The van der Waals surface area contributed by atoms with E-state index in [9.17, 15) is 9.90 Å². The molecule has 0 aliphatic rings. The van der Waals surface area contributed by atoms with Crippen LogP contribution in [0.5, 0.6) is 5.75 Å². The lowest BCUT2D eigenvalue weighted by molar-refractivity contribution is 0.0900. The molecule has 0 fully saturated rings. The van der Waals surface area contributed by atoms with Crippen molar-refractivity contribution in [2.45, 2.75) is 32.2 Å². The van der Waals surface area contributed by atoms with Crippen LogP contribution in [0, 0.1) is 0 Å². The van der Waals surface area contributed by atoms with Gasteiger partial charge in [0.1, 0.15) is 5.75 Å². The molecule has 0 heterocycles. The Hall–Kier alpha value is -1.22. The number of alkyl halides is 1. The summed E-state index contributed by atoms with van der Waals surface area (Å²) in [6, 6.07) is 6.49. The second kappa shape index (κ2) is 5.92. The molecular weight excluding hydrogens is 238 g/mol. The maximum Gasteiger partial charge on any atom is 0.255 e. The van der Waals surface area contributed by atoms with E-state index < -0.39 is 5.54 Å². The fourth-order valence-electron chi connectivity index (χ4n) is 1.62. The van der Waals surface area contributed by atoms with Crippen molar-refractivity contribution in [1.82, 2.24) is 5.32 Å². The van der Waals surface area contributed by atoms with Gasteiger partial charge in [0.15, 0.2) is 0 Å². The number of phenolic OH excluding ortho intramolecular Hbond substituents is 1. The third-order valence-corrected chi connectivity index (χ3v) is 3.65. The van der Waals surface area contributed by atoms with Crippen LogP contribution in [0.3, 0.4) is 0 Å². The zero-order valence-electron chi connectivity index (χ0n) is 10.2. The first-order valence-corrected chi connectivity index (χ1v) is 6.28. The number of aromatic hydroxyl groups is 1. The van der Waals surface area contributed by atoms with Crippen LogP contribution in [0.25, 0.3) is 0 Å². The average molecular weight is 256 g/mol. The van der Waals surface area contributed by atoms with E-state index in [1.54, 1.807) is 18.2 Å². The van der Waals surface area contributed by atoms with Gasteiger partial charge in [0, 0.05) is 5.88 Å². The highest BCUT2D eigenvalue weighted by Gasteiger charge is 2.28. The van der Waals surface area contributed by atoms with Crippen LogP contribution in [-0.2, 0) is 0 Å². The molecule has 0 saturated carbocycles. The molecular formula is C13H18ClNO2. The maximum atomic E-state index is 12.0. The van der Waals surface area contributed by atoms with Crippen molar-refractivity contribution >= 4 is 17.5 Å². The number of carbonyl (C=O) groups excluding carboxylic acids is 1. The van der Waals surface area contributed by atoms with Gasteiger partial charge in [-0.25, -0.2) is 0 Å². The third kappa shape index (κ3) is 3.13. The molecule has 17 heavy (non-hydrogen) atoms. The largest absolute Gasteiger partial charge is 0.507 e. The minimum absolute atomic E-state index is 0.0133. The maximum absolute atomic E-state index is 12.0. The Morgan fingerprint density at radius 2 is 1.94 bits per heavy atom. The lowest BCUT2D eigenvalue weighted by Crippen LogP contribution is -2.49. The number of para-hydroxylation sites is 1. The van der Waals surface area contributed by atoms with Gasteiger partial charge in [0.25, 0.3) is 5.91 Å². The van der Waals surface area contributed by atoms with Gasteiger partial charge in [0.2, 0.25) is 0 Å². The van der Waals surface area contributed by atoms with Crippen molar-refractivity contribution in [3.05, 3.63) is 29.8 Å². The molecule has 0 saturated heterocycles. The summed E-state index contributed by atoms with van der Waals surface area (Å²) < 4.78 is 0. The minimum Gasteiger partial charge on any atom is -0.507 e. The molecule has 94 valence electrons. The SMILES string of the molecule is CCC(CC)(CCl)NC(=O)c1ccccc1O. The summed E-state index contributed by atoms with van der Waals surface area (Å²) in [6.45, 7) is 3.97. The Balaban J connectivity index is 2.89. The number of carbonyl (C=O) groups is 1. The molecule has 1 rings (SSSR count). The van der Waals surface area contributed by atoms with Crippen molar-refractivity contribution in [2.75, 3.05) is 5.88 Å². The highest BCUT2D eigenvalue weighted by Crippen LogP contribution is 2.21. The fourth-order valence-corrected chi connectivity index (χ4v) is 2.07. The highest BCUT2D eigenvalue weighted by atomic mass is 35.5. The normalized spacial score (nSPS) is 11.2. The van der Waals surface area contributed by atoms with Crippen LogP contribution in [0.15, 0.2) is 24.3 Å². The molecule has 0 aromatic heterocycles. The molecule has 3 nitrogen and oxygen atoms in total. The Morgan fingerprint density at radius 3 is 2.41 bits per heavy atom. The smallest absolute Gasteiger partial charge is 0.255 e. The lowest BCUT2D eigenvalue weighted by Gasteiger charge is -2.30. The number of benzene rings is 1. The number of rotatable bonds is 5. The molecule has 1 aromatic carbocycles. The van der Waals surface area contributed by atoms with Crippen LogP contribution in [0.2, 0.25) is 0 Å². The minimum atomic E-state index is -0.402. The average Bonchev–Trinajstić information content (AvgIpc) is 2.36. The molecule has 1 aromatic rings. The molecule has 0 aliphatic carbocycles. The standard InChI is InChI=1S/C13H18ClNO2/c1-3-13(4-2,9-14)15-12(17)10-7-5-6-8-11(10)16/h5-8,16H,3-4,9H2,1-2H3,(H,15,17). The van der Waals surface area contributed by atoms with E-state index in [0.29, 0.717) is 5.88 Å². The first kappa shape index (κ1) is 13.8. The summed E-state index contributed by atoms with van der Waals surface area (Å²) in [6.07, 6.45) is 1.51. The van der Waals surface area contributed by atoms with E-state index in [1.165, 1.54) is 6.07 Å². The van der Waals surface area contributed by atoms with Crippen LogP contribution in [0.4, 0.5) is 0 Å². The third-order valence-electron chi connectivity index (χ3n) is 3.14. The van der Waals surface area contributed by atoms with Crippen LogP contribution in [-0.4, -0.2) is 22.4 Å². The van der Waals surface area contributed by atoms with Gasteiger partial charge >= 0.3 is 0 Å². The van der Waals surface area contributed by atoms with Gasteiger partial charge in [0.05, 0.1) is 11.1 Å². The topological polar surface area (TPSA) is 49.3 Å². The molecule has 0 bridgehead atoms. The van der Waals surface area contributed by atoms with Crippen LogP contribution in [0.1, 0.15) is 37.0 Å². The number of halogens is 1. The number of amides is 1. The lowest BCUT2D eigenvalue weighted by atomic mass is 9.94. The quantitative estimate of drug-likeness (QED) is 0.795. The summed E-state index contributed by atoms with van der Waals surface area (Å²) in [7, 11) is 0. The van der Waals surface area contributed by atoms with Gasteiger partial charge in [-0.15, -0.1) is 11.6 Å². The van der Waals surface area contributed by atoms with E-state index in [0.717, 1.165) is 12.8 Å². The molecule has 0 radical (unpaired) electrons. The van der Waals surface area contributed by atoms with E-state index in [-0.39, 0.29) is 17.2 Å². The van der Waals surface area contributed by atoms with E-state index in [2.05, 4.69) is 5.32 Å². The second-order valence-electron chi connectivity index (χ2n) is 4.09. The zero-order valence-corrected chi connectivity index (χ0v) is 10.9. The number of nitrogens with one attached hydrogen (secondary N) is 1. The van der Waals surface area contributed by atoms with Gasteiger partial charge in [-0.3, -0.25) is 4.79 Å². The van der Waals surface area contributed by atoms with Gasteiger partial charge in [-0.1, -0.05) is 26.0 Å². The Labute approximate surface area is 107 Å². The molecule has 0 spiro atoms. The van der Waals surface area contributed by atoms with Crippen molar-refractivity contribution < 1.29 is 9.90 Å². The van der Waals surface area contributed by atoms with E-state index >= 15 is 0 Å². The van der Waals surface area contributed by atoms with Gasteiger partial charge in [-0.05, 0) is 25.0 Å². The molecule has 2 N–H and O–H groups in total. The number of hydrogen-bond acceptors (Lipinski definition) is 2. The second-order valence-corrected chi connectivity index (χ2v) is 4.36. The van der Waals surface area contributed by atoms with Crippen LogP contribution >= 0.6 is 11.6 Å². The fraction of sp³-hybridized carbons (Fsp3) is 0.462. The first-order valence-electron chi connectivity index (χ1n) is 5.75. The summed E-state index contributed by atoms with van der Waals surface area (Å²) >= 11 is 5.92. The van der Waals surface area contributed by atoms with E-state index in [1.807, 2.05) is 13.8 Å². The summed E-state index contributed by atoms with van der Waals surface area (Å²) in [4.78, 5) is 12.0. The van der Waals surface area contributed by atoms with Crippen molar-refractivity contribution in [2.24, 2.45) is 0 Å². The van der Waals surface area contributed by atoms with Crippen LogP contribution < -0.4 is 5.32 Å². The van der Waals surface area contributed by atoms with E-state index in [4.69, 9.17) is 11.6 Å². The Kier molecular flexibility index (Phi) is 4.82. The molecule has 4 heteroatoms. The number of hydrogen-bond donors (Lipinski definition) is 2. The monoisotopic (exact) mass is 255 g/mol. The molecule has 0 aliphatic heterocycles. The Morgan fingerprint density at radius 1 is 1.35 bits per heavy atom. The summed E-state index contributed by atoms with van der Waals surface area (Å²) in [5, 5.41) is 12.5. The van der Waals surface area contributed by atoms with Crippen molar-refractivity contribution in [3.63, 3.8) is 0 Å². The predicted molar refractivity (Wildman–Crippen MR) is 69.6 cm³/mol. The first-order chi connectivity index (χ1) is 8.08. The summed E-state index contributed by atoms with van der Waals surface area (Å²) in [5.41, 5.74) is -0.120. The van der Waals surface area contributed by atoms with Crippen molar-refractivity contribution in [3.8, 4) is 5.75 Å².